The maximum atomic E-state index is 14.1. The summed E-state index contributed by atoms with van der Waals surface area (Å²) in [4.78, 5) is 16.2. The lowest BCUT2D eigenvalue weighted by Crippen LogP contribution is -2.26. The molecule has 0 saturated carbocycles. The summed E-state index contributed by atoms with van der Waals surface area (Å²) in [5.41, 5.74) is 4.87. The van der Waals surface area contributed by atoms with Crippen molar-refractivity contribution in [3.63, 3.8) is 0 Å². The zero-order valence-electron chi connectivity index (χ0n) is 23.9. The van der Waals surface area contributed by atoms with E-state index in [9.17, 15) is 19.6 Å². The predicted molar refractivity (Wildman–Crippen MR) is 163 cm³/mol. The molecule has 210 valence electrons. The van der Waals surface area contributed by atoms with Gasteiger partial charge in [-0.3, -0.25) is 4.79 Å². The molecule has 4 rings (SSSR count). The molecule has 0 amide bonds. The number of carbonyl (C=O) groups is 1. The zero-order valence-corrected chi connectivity index (χ0v) is 23.9. The lowest BCUT2D eigenvalue weighted by Gasteiger charge is -2.17. The van der Waals surface area contributed by atoms with Crippen LogP contribution in [-0.4, -0.2) is 22.1 Å². The fraction of sp³-hybridized carbons (Fsp3) is 0.206. The number of hydrogen-bond acceptors (Lipinski definition) is 5. The fourth-order valence-electron chi connectivity index (χ4n) is 4.17. The van der Waals surface area contributed by atoms with Crippen LogP contribution in [0.1, 0.15) is 51.3 Å². The first kappa shape index (κ1) is 30.6. The van der Waals surface area contributed by atoms with Gasteiger partial charge in [0.1, 0.15) is 30.1 Å². The highest BCUT2D eigenvalue weighted by atomic mass is 19.1. The molecule has 0 aliphatic heterocycles. The van der Waals surface area contributed by atoms with Crippen LogP contribution >= 0.6 is 0 Å². The van der Waals surface area contributed by atoms with E-state index in [2.05, 4.69) is 16.4 Å². The van der Waals surface area contributed by atoms with Crippen molar-refractivity contribution in [3.05, 3.63) is 113 Å². The smallest absolute Gasteiger partial charge is 0.325 e. The number of allylic oxidation sites excluding steroid dienone is 4. The second-order valence-corrected chi connectivity index (χ2v) is 9.04. The molecule has 7 heteroatoms. The maximum absolute atomic E-state index is 14.1. The van der Waals surface area contributed by atoms with E-state index >= 15 is 0 Å². The summed E-state index contributed by atoms with van der Waals surface area (Å²) in [5, 5.41) is 22.7. The molecule has 3 aromatic carbocycles. The van der Waals surface area contributed by atoms with Crippen molar-refractivity contribution < 1.29 is 19.0 Å². The molecule has 6 nitrogen and oxygen atoms in total. The summed E-state index contributed by atoms with van der Waals surface area (Å²) >= 11 is 0. The molecular weight excluding hydrogens is 517 g/mol. The highest BCUT2D eigenvalue weighted by molar-refractivity contribution is 5.99. The van der Waals surface area contributed by atoms with Crippen LogP contribution in [0, 0.1) is 17.1 Å². The van der Waals surface area contributed by atoms with Crippen LogP contribution < -0.4 is 5.32 Å². The monoisotopic (exact) mass is 551 g/mol. The van der Waals surface area contributed by atoms with Crippen LogP contribution in [0.2, 0.25) is 0 Å². The van der Waals surface area contributed by atoms with Crippen molar-refractivity contribution >= 4 is 28.1 Å². The van der Waals surface area contributed by atoms with Gasteiger partial charge >= 0.3 is 5.97 Å². The first-order chi connectivity index (χ1) is 19.8. The Morgan fingerprint density at radius 2 is 1.80 bits per heavy atom. The average Bonchev–Trinajstić information content (AvgIpc) is 3.00. The van der Waals surface area contributed by atoms with Crippen molar-refractivity contribution in [1.82, 2.24) is 4.98 Å². The molecule has 1 aromatic heterocycles. The van der Waals surface area contributed by atoms with E-state index in [1.165, 1.54) is 25.1 Å². The molecule has 2 N–H and O–H groups in total. The largest absolute Gasteiger partial charge is 0.494 e. The first-order valence-corrected chi connectivity index (χ1v) is 13.5. The summed E-state index contributed by atoms with van der Waals surface area (Å²) in [7, 11) is 0. The van der Waals surface area contributed by atoms with E-state index in [1.54, 1.807) is 0 Å². The Kier molecular flexibility index (Phi) is 10.8. The third-order valence-corrected chi connectivity index (χ3v) is 6.26. The SMILES string of the molecule is C/C=C(\C=C(/C)OCc1ccccc1)c1ccc(-c2nc3ccc(F)cc3c(NC(C)C(=O)O)c2C#N)cc1.CC. The lowest BCUT2D eigenvalue weighted by molar-refractivity contribution is -0.137. The van der Waals surface area contributed by atoms with E-state index in [4.69, 9.17) is 4.74 Å². The number of nitrogens with one attached hydrogen (secondary N) is 1. The molecule has 41 heavy (non-hydrogen) atoms. The molecule has 0 fully saturated rings. The molecule has 1 atom stereocenters. The van der Waals surface area contributed by atoms with Gasteiger partial charge in [0.05, 0.1) is 22.7 Å². The number of pyridine rings is 1. The van der Waals surface area contributed by atoms with Gasteiger partial charge in [-0.05, 0) is 61.7 Å². The molecule has 0 bridgehead atoms. The number of anilines is 1. The fourth-order valence-corrected chi connectivity index (χ4v) is 4.17. The van der Waals surface area contributed by atoms with Gasteiger partial charge < -0.3 is 15.2 Å². The standard InChI is InChI=1S/C32H28FN3O3.C2H6/c1-4-23(16-20(2)39-19-22-8-6-5-7-9-22)24-10-12-25(13-11-24)30-28(18-34)31(35-21(3)32(37)38)27-17-26(33)14-15-29(27)36-30;1-2/h4-17,21H,19H2,1-3H3,(H,35,36)(H,37,38);1-2H3/b20-16+,23-4+;. The molecule has 0 radical (unpaired) electrons. The number of halogens is 1. The summed E-state index contributed by atoms with van der Waals surface area (Å²) in [6.45, 7) is 9.80. The topological polar surface area (TPSA) is 95.2 Å². The highest BCUT2D eigenvalue weighted by Gasteiger charge is 2.21. The molecule has 1 unspecified atom stereocenters. The van der Waals surface area contributed by atoms with Gasteiger partial charge in [0.2, 0.25) is 0 Å². The van der Waals surface area contributed by atoms with E-state index < -0.39 is 17.8 Å². The minimum absolute atomic E-state index is 0.144. The summed E-state index contributed by atoms with van der Waals surface area (Å²) in [6, 6.07) is 22.7. The normalized spacial score (nSPS) is 12.1. The Morgan fingerprint density at radius 3 is 2.41 bits per heavy atom. The highest BCUT2D eigenvalue weighted by Crippen LogP contribution is 2.35. The van der Waals surface area contributed by atoms with Crippen LogP contribution in [0.3, 0.4) is 0 Å². The number of aliphatic carboxylic acids is 1. The van der Waals surface area contributed by atoms with E-state index in [0.29, 0.717) is 28.8 Å². The van der Waals surface area contributed by atoms with Gasteiger partial charge in [0.25, 0.3) is 0 Å². The van der Waals surface area contributed by atoms with Crippen molar-refractivity contribution in [1.29, 1.82) is 5.26 Å². The Balaban J connectivity index is 0.00000226. The Hall–Kier alpha value is -4.96. The Morgan fingerprint density at radius 1 is 1.12 bits per heavy atom. The van der Waals surface area contributed by atoms with Crippen LogP contribution in [0.5, 0.6) is 0 Å². The van der Waals surface area contributed by atoms with Gasteiger partial charge in [-0.25, -0.2) is 9.37 Å². The third kappa shape index (κ3) is 7.58. The Bertz CT molecular complexity index is 1600. The zero-order chi connectivity index (χ0) is 29.9. The van der Waals surface area contributed by atoms with Gasteiger partial charge in [-0.1, -0.05) is 74.5 Å². The molecule has 0 saturated heterocycles. The number of carboxylic acid groups (broad SMARTS) is 1. The number of benzene rings is 3. The molecule has 1 heterocycles. The number of fused-ring (bicyclic) bond motifs is 1. The Labute approximate surface area is 240 Å². The number of carboxylic acids is 1. The van der Waals surface area contributed by atoms with E-state index in [0.717, 1.165) is 22.5 Å². The summed E-state index contributed by atoms with van der Waals surface area (Å²) in [6.07, 6.45) is 3.96. The van der Waals surface area contributed by atoms with Crippen LogP contribution in [0.25, 0.3) is 27.7 Å². The van der Waals surface area contributed by atoms with Gasteiger partial charge in [-0.15, -0.1) is 0 Å². The maximum Gasteiger partial charge on any atom is 0.325 e. The summed E-state index contributed by atoms with van der Waals surface area (Å²) < 4.78 is 20.0. The molecular formula is C34H34FN3O3. The number of nitriles is 1. The molecule has 4 aromatic rings. The van der Waals surface area contributed by atoms with Gasteiger partial charge in [-0.2, -0.15) is 5.26 Å². The van der Waals surface area contributed by atoms with E-state index in [1.807, 2.05) is 94.4 Å². The van der Waals surface area contributed by atoms with Gasteiger partial charge in [0, 0.05) is 10.9 Å². The van der Waals surface area contributed by atoms with Crippen molar-refractivity contribution in [2.75, 3.05) is 5.32 Å². The number of hydrogen-bond donors (Lipinski definition) is 2. The van der Waals surface area contributed by atoms with Gasteiger partial charge in [0.15, 0.2) is 0 Å². The quantitative estimate of drug-likeness (QED) is 0.160. The minimum Gasteiger partial charge on any atom is -0.494 e. The second-order valence-electron chi connectivity index (χ2n) is 9.04. The minimum atomic E-state index is -1.10. The van der Waals surface area contributed by atoms with Crippen LogP contribution in [0.4, 0.5) is 10.1 Å². The first-order valence-electron chi connectivity index (χ1n) is 13.5. The molecule has 0 aliphatic carbocycles. The summed E-state index contributed by atoms with van der Waals surface area (Å²) in [5.74, 6) is -0.832. The lowest BCUT2D eigenvalue weighted by atomic mass is 9.98. The number of rotatable bonds is 9. The van der Waals surface area contributed by atoms with Crippen molar-refractivity contribution in [2.24, 2.45) is 0 Å². The van der Waals surface area contributed by atoms with Crippen molar-refractivity contribution in [2.45, 2.75) is 47.3 Å². The third-order valence-electron chi connectivity index (χ3n) is 6.26. The van der Waals surface area contributed by atoms with Crippen molar-refractivity contribution in [3.8, 4) is 17.3 Å². The molecule has 0 aliphatic rings. The number of nitrogens with zero attached hydrogens (tertiary/aromatic N) is 2. The van der Waals surface area contributed by atoms with E-state index in [-0.39, 0.29) is 11.3 Å². The van der Waals surface area contributed by atoms with Crippen LogP contribution in [0.15, 0.2) is 90.7 Å². The second kappa shape index (κ2) is 14.4. The predicted octanol–water partition coefficient (Wildman–Crippen LogP) is 8.35. The average molecular weight is 552 g/mol. The number of aromatic nitrogens is 1. The molecule has 0 spiro atoms. The van der Waals surface area contributed by atoms with Crippen LogP contribution in [-0.2, 0) is 16.1 Å². The number of ether oxygens (including phenoxy) is 1.